The second-order valence-corrected chi connectivity index (χ2v) is 8.74. The summed E-state index contributed by atoms with van der Waals surface area (Å²) in [4.78, 5) is 6.86. The van der Waals surface area contributed by atoms with Crippen LogP contribution in [0.4, 0.5) is 5.69 Å². The van der Waals surface area contributed by atoms with Crippen molar-refractivity contribution >= 4 is 33.9 Å². The molecule has 0 radical (unpaired) electrons. The van der Waals surface area contributed by atoms with Crippen molar-refractivity contribution in [2.24, 2.45) is 0 Å². The predicted octanol–water partition coefficient (Wildman–Crippen LogP) is 5.68. The Hall–Kier alpha value is -3.10. The highest BCUT2D eigenvalue weighted by molar-refractivity contribution is 7.80. The standard InChI is InChI=1S/C27H36N4O3S/c1-7-31(8-2)13-9-11-29-27(35)30-21-14-19(4)24(15-18(21)3)34-23-10-12-28-22-17-26(33-6)25(32-5)16-20(22)23/h10,12,14-17H,7-9,11,13H2,1-6H3,(H2,29,30,35). The van der Waals surface area contributed by atoms with Crippen LogP contribution in [0, 0.1) is 13.8 Å². The van der Waals surface area contributed by atoms with Gasteiger partial charge in [0.25, 0.3) is 0 Å². The minimum atomic E-state index is 0.627. The summed E-state index contributed by atoms with van der Waals surface area (Å²) < 4.78 is 17.2. The average molecular weight is 497 g/mol. The van der Waals surface area contributed by atoms with Gasteiger partial charge in [-0.15, -0.1) is 0 Å². The van der Waals surface area contributed by atoms with Crippen LogP contribution < -0.4 is 24.8 Å². The van der Waals surface area contributed by atoms with Crippen molar-refractivity contribution in [3.8, 4) is 23.0 Å². The van der Waals surface area contributed by atoms with E-state index in [0.29, 0.717) is 22.4 Å². The number of pyridine rings is 1. The van der Waals surface area contributed by atoms with E-state index >= 15 is 0 Å². The molecular weight excluding hydrogens is 460 g/mol. The van der Waals surface area contributed by atoms with E-state index in [9.17, 15) is 0 Å². The van der Waals surface area contributed by atoms with E-state index in [1.54, 1.807) is 20.4 Å². The minimum absolute atomic E-state index is 0.627. The summed E-state index contributed by atoms with van der Waals surface area (Å²) in [6.07, 6.45) is 2.77. The predicted molar refractivity (Wildman–Crippen MR) is 147 cm³/mol. The van der Waals surface area contributed by atoms with E-state index < -0.39 is 0 Å². The Labute approximate surface area is 213 Å². The largest absolute Gasteiger partial charge is 0.493 e. The van der Waals surface area contributed by atoms with Crippen molar-refractivity contribution in [3.63, 3.8) is 0 Å². The number of rotatable bonds is 11. The highest BCUT2D eigenvalue weighted by atomic mass is 32.1. The SMILES string of the molecule is CCN(CC)CCCNC(=S)Nc1cc(C)c(Oc2ccnc3cc(OC)c(OC)cc23)cc1C. The van der Waals surface area contributed by atoms with Crippen LogP contribution in [-0.2, 0) is 0 Å². The van der Waals surface area contributed by atoms with Crippen LogP contribution in [0.1, 0.15) is 31.4 Å². The zero-order valence-electron chi connectivity index (χ0n) is 21.5. The van der Waals surface area contributed by atoms with E-state index in [1.807, 2.05) is 38.1 Å². The summed E-state index contributed by atoms with van der Waals surface area (Å²) in [7, 11) is 3.23. The lowest BCUT2D eigenvalue weighted by molar-refractivity contribution is 0.300. The smallest absolute Gasteiger partial charge is 0.170 e. The fraction of sp³-hybridized carbons (Fsp3) is 0.407. The van der Waals surface area contributed by atoms with E-state index in [4.69, 9.17) is 26.4 Å². The molecule has 0 unspecified atom stereocenters. The molecule has 188 valence electrons. The van der Waals surface area contributed by atoms with Gasteiger partial charge in [0.15, 0.2) is 16.6 Å². The summed E-state index contributed by atoms with van der Waals surface area (Å²) >= 11 is 5.51. The number of nitrogens with zero attached hydrogens (tertiary/aromatic N) is 2. The number of anilines is 1. The van der Waals surface area contributed by atoms with Crippen LogP contribution in [0.25, 0.3) is 10.9 Å². The number of benzene rings is 2. The van der Waals surface area contributed by atoms with Crippen LogP contribution in [0.5, 0.6) is 23.0 Å². The van der Waals surface area contributed by atoms with Crippen molar-refractivity contribution in [1.82, 2.24) is 15.2 Å². The molecule has 3 rings (SSSR count). The summed E-state index contributed by atoms with van der Waals surface area (Å²) in [5.41, 5.74) is 3.76. The molecule has 0 bridgehead atoms. The van der Waals surface area contributed by atoms with Gasteiger partial charge in [0.1, 0.15) is 11.5 Å². The second kappa shape index (κ2) is 12.6. The van der Waals surface area contributed by atoms with Gasteiger partial charge in [-0.25, -0.2) is 0 Å². The van der Waals surface area contributed by atoms with Crippen molar-refractivity contribution in [3.05, 3.63) is 47.7 Å². The number of methoxy groups -OCH3 is 2. The lowest BCUT2D eigenvalue weighted by atomic mass is 10.1. The average Bonchev–Trinajstić information content (AvgIpc) is 2.86. The van der Waals surface area contributed by atoms with Gasteiger partial charge in [0.2, 0.25) is 0 Å². The van der Waals surface area contributed by atoms with Gasteiger partial charge in [-0.2, -0.15) is 0 Å². The normalized spacial score (nSPS) is 10.9. The molecule has 0 amide bonds. The Morgan fingerprint density at radius 1 is 0.943 bits per heavy atom. The first-order valence-corrected chi connectivity index (χ1v) is 12.4. The van der Waals surface area contributed by atoms with E-state index in [0.717, 1.165) is 66.1 Å². The Kier molecular flexibility index (Phi) is 9.51. The maximum atomic E-state index is 6.34. The van der Waals surface area contributed by atoms with Crippen LogP contribution in [0.2, 0.25) is 0 Å². The van der Waals surface area contributed by atoms with E-state index in [1.165, 1.54) is 0 Å². The summed E-state index contributed by atoms with van der Waals surface area (Å²) in [5, 5.41) is 8.11. The first-order chi connectivity index (χ1) is 16.9. The summed E-state index contributed by atoms with van der Waals surface area (Å²) in [6, 6.07) is 9.67. The Morgan fingerprint density at radius 3 is 2.34 bits per heavy atom. The first-order valence-electron chi connectivity index (χ1n) is 12.0. The molecule has 8 heteroatoms. The molecule has 2 N–H and O–H groups in total. The number of aromatic nitrogens is 1. The van der Waals surface area contributed by atoms with Crippen molar-refractivity contribution in [2.45, 2.75) is 34.1 Å². The zero-order valence-corrected chi connectivity index (χ0v) is 22.3. The monoisotopic (exact) mass is 496 g/mol. The topological polar surface area (TPSA) is 67.9 Å². The van der Waals surface area contributed by atoms with Crippen molar-refractivity contribution in [2.75, 3.05) is 45.7 Å². The van der Waals surface area contributed by atoms with Crippen LogP contribution >= 0.6 is 12.2 Å². The third-order valence-corrected chi connectivity index (χ3v) is 6.27. The zero-order chi connectivity index (χ0) is 25.4. The molecule has 0 aliphatic carbocycles. The molecule has 3 aromatic rings. The molecule has 0 aliphatic heterocycles. The molecule has 1 heterocycles. The maximum absolute atomic E-state index is 6.34. The number of fused-ring (bicyclic) bond motifs is 1. The van der Waals surface area contributed by atoms with Crippen molar-refractivity contribution in [1.29, 1.82) is 0 Å². The van der Waals surface area contributed by atoms with Gasteiger partial charge >= 0.3 is 0 Å². The van der Waals surface area contributed by atoms with E-state index in [2.05, 4.69) is 40.4 Å². The highest BCUT2D eigenvalue weighted by Gasteiger charge is 2.13. The first kappa shape index (κ1) is 26.5. The molecule has 7 nitrogen and oxygen atoms in total. The number of aryl methyl sites for hydroxylation is 2. The summed E-state index contributed by atoms with van der Waals surface area (Å²) in [5.74, 6) is 2.73. The van der Waals surface area contributed by atoms with Gasteiger partial charge in [-0.3, -0.25) is 4.98 Å². The Morgan fingerprint density at radius 2 is 1.66 bits per heavy atom. The fourth-order valence-corrected chi connectivity index (χ4v) is 4.11. The number of thiocarbonyl (C=S) groups is 1. The van der Waals surface area contributed by atoms with Crippen LogP contribution in [0.3, 0.4) is 0 Å². The van der Waals surface area contributed by atoms with E-state index in [-0.39, 0.29) is 0 Å². The van der Waals surface area contributed by atoms with Gasteiger partial charge in [0.05, 0.1) is 19.7 Å². The number of hydrogen-bond donors (Lipinski definition) is 2. The molecular formula is C27H36N4O3S. The molecule has 0 saturated carbocycles. The Bertz CT molecular complexity index is 1160. The highest BCUT2D eigenvalue weighted by Crippen LogP contribution is 2.38. The third kappa shape index (κ3) is 6.74. The Balaban J connectivity index is 1.71. The van der Waals surface area contributed by atoms with Crippen LogP contribution in [0.15, 0.2) is 36.5 Å². The fourth-order valence-electron chi connectivity index (χ4n) is 3.90. The second-order valence-electron chi connectivity index (χ2n) is 8.33. The molecule has 0 aliphatic rings. The molecule has 0 saturated heterocycles. The van der Waals surface area contributed by atoms with Crippen LogP contribution in [-0.4, -0.2) is 55.4 Å². The number of ether oxygens (including phenoxy) is 3. The number of hydrogen-bond acceptors (Lipinski definition) is 6. The quantitative estimate of drug-likeness (QED) is 0.260. The molecule has 2 aromatic carbocycles. The molecule has 0 spiro atoms. The maximum Gasteiger partial charge on any atom is 0.170 e. The van der Waals surface area contributed by atoms with Gasteiger partial charge in [-0.05, 0) is 87.5 Å². The molecule has 35 heavy (non-hydrogen) atoms. The van der Waals surface area contributed by atoms with Gasteiger partial charge < -0.3 is 29.7 Å². The minimum Gasteiger partial charge on any atom is -0.493 e. The lowest BCUT2D eigenvalue weighted by Crippen LogP contribution is -2.32. The summed E-state index contributed by atoms with van der Waals surface area (Å²) in [6.45, 7) is 12.5. The lowest BCUT2D eigenvalue weighted by Gasteiger charge is -2.19. The van der Waals surface area contributed by atoms with Gasteiger partial charge in [0, 0.05) is 29.9 Å². The third-order valence-electron chi connectivity index (χ3n) is 6.03. The molecule has 0 fully saturated rings. The van der Waals surface area contributed by atoms with Gasteiger partial charge in [-0.1, -0.05) is 13.8 Å². The molecule has 1 aromatic heterocycles. The van der Waals surface area contributed by atoms with Crippen molar-refractivity contribution < 1.29 is 14.2 Å². The number of nitrogens with one attached hydrogen (secondary N) is 2. The molecule has 0 atom stereocenters.